The van der Waals surface area contributed by atoms with Gasteiger partial charge in [-0.25, -0.2) is 0 Å². The maximum atomic E-state index is 12.5. The fourth-order valence-electron chi connectivity index (χ4n) is 2.98. The van der Waals surface area contributed by atoms with E-state index in [1.165, 1.54) is 0 Å². The Morgan fingerprint density at radius 2 is 1.65 bits per heavy atom. The molecule has 1 N–H and O–H groups in total. The van der Waals surface area contributed by atoms with Gasteiger partial charge in [-0.15, -0.1) is 0 Å². The summed E-state index contributed by atoms with van der Waals surface area (Å²) < 4.78 is 11.2. The van der Waals surface area contributed by atoms with Gasteiger partial charge in [0.05, 0.1) is 13.2 Å². The zero-order valence-corrected chi connectivity index (χ0v) is 16.5. The number of carbonyl (C=O) groups excluding carboxylic acids is 1. The van der Waals surface area contributed by atoms with Crippen molar-refractivity contribution in [1.29, 1.82) is 0 Å². The molecule has 0 unspecified atom stereocenters. The molecule has 26 heavy (non-hydrogen) atoms. The number of hydrogen-bond donors (Lipinski definition) is 1. The summed E-state index contributed by atoms with van der Waals surface area (Å²) >= 11 is 0. The third-order valence-corrected chi connectivity index (χ3v) is 4.49. The fraction of sp³-hybridized carbons (Fsp3) is 0.409. The zero-order chi connectivity index (χ0) is 19.3. The highest BCUT2D eigenvalue weighted by Gasteiger charge is 2.20. The number of benzene rings is 2. The average molecular weight is 355 g/mol. The minimum Gasteiger partial charge on any atom is -0.496 e. The highest BCUT2D eigenvalue weighted by atomic mass is 16.5. The number of methoxy groups -OCH3 is 1. The number of carbonyl (C=O) groups is 1. The lowest BCUT2D eigenvalue weighted by Gasteiger charge is -2.22. The second kappa shape index (κ2) is 8.75. The topological polar surface area (TPSA) is 47.6 Å². The molecule has 0 aliphatic rings. The van der Waals surface area contributed by atoms with E-state index in [9.17, 15) is 4.79 Å². The maximum Gasteiger partial charge on any atom is 0.261 e. The maximum absolute atomic E-state index is 12.5. The Kier molecular flexibility index (Phi) is 6.67. The fourth-order valence-corrected chi connectivity index (χ4v) is 2.98. The van der Waals surface area contributed by atoms with E-state index < -0.39 is 6.10 Å². The van der Waals surface area contributed by atoms with Crippen LogP contribution in [-0.4, -0.2) is 19.1 Å². The molecule has 0 aliphatic heterocycles. The largest absolute Gasteiger partial charge is 0.496 e. The van der Waals surface area contributed by atoms with Gasteiger partial charge in [-0.05, 0) is 67.6 Å². The van der Waals surface area contributed by atoms with Crippen LogP contribution in [0.1, 0.15) is 56.3 Å². The lowest BCUT2D eigenvalue weighted by atomic mass is 9.93. The Bertz CT molecular complexity index is 741. The molecule has 2 aromatic carbocycles. The molecule has 0 heterocycles. The highest BCUT2D eigenvalue weighted by Crippen LogP contribution is 2.32. The van der Waals surface area contributed by atoms with Crippen molar-refractivity contribution >= 4 is 5.91 Å². The summed E-state index contributed by atoms with van der Waals surface area (Å²) in [7, 11) is 1.69. The number of nitrogens with one attached hydrogen (secondary N) is 1. The van der Waals surface area contributed by atoms with E-state index in [1.54, 1.807) is 14.0 Å². The van der Waals surface area contributed by atoms with Crippen molar-refractivity contribution in [2.75, 3.05) is 7.11 Å². The van der Waals surface area contributed by atoms with Gasteiger partial charge in [0, 0.05) is 0 Å². The van der Waals surface area contributed by atoms with Gasteiger partial charge in [0.25, 0.3) is 5.91 Å². The third kappa shape index (κ3) is 4.78. The molecule has 0 bridgehead atoms. The van der Waals surface area contributed by atoms with Crippen LogP contribution in [-0.2, 0) is 4.79 Å². The minimum atomic E-state index is -0.567. The first-order valence-electron chi connectivity index (χ1n) is 9.04. The van der Waals surface area contributed by atoms with Gasteiger partial charge >= 0.3 is 0 Å². The lowest BCUT2D eigenvalue weighted by Crippen LogP contribution is -2.38. The van der Waals surface area contributed by atoms with E-state index in [-0.39, 0.29) is 11.9 Å². The molecule has 4 nitrogen and oxygen atoms in total. The van der Waals surface area contributed by atoms with Gasteiger partial charge in [-0.1, -0.05) is 32.0 Å². The normalized spacial score (nSPS) is 13.2. The van der Waals surface area contributed by atoms with Gasteiger partial charge < -0.3 is 14.8 Å². The van der Waals surface area contributed by atoms with Crippen molar-refractivity contribution in [3.05, 3.63) is 59.2 Å². The summed E-state index contributed by atoms with van der Waals surface area (Å²) in [5.74, 6) is 1.78. The minimum absolute atomic E-state index is 0.118. The van der Waals surface area contributed by atoms with Gasteiger partial charge in [0.15, 0.2) is 6.10 Å². The van der Waals surface area contributed by atoms with Crippen LogP contribution < -0.4 is 14.8 Å². The summed E-state index contributed by atoms with van der Waals surface area (Å²) in [6, 6.07) is 13.4. The molecule has 140 valence electrons. The van der Waals surface area contributed by atoms with E-state index in [4.69, 9.17) is 9.47 Å². The van der Waals surface area contributed by atoms with Crippen molar-refractivity contribution < 1.29 is 14.3 Å². The first kappa shape index (κ1) is 19.8. The van der Waals surface area contributed by atoms with Crippen molar-refractivity contribution in [2.45, 2.75) is 52.7 Å². The first-order valence-corrected chi connectivity index (χ1v) is 9.04. The molecule has 0 saturated heterocycles. The van der Waals surface area contributed by atoms with Crippen molar-refractivity contribution in [3.63, 3.8) is 0 Å². The van der Waals surface area contributed by atoms with Gasteiger partial charge in [0.2, 0.25) is 0 Å². The summed E-state index contributed by atoms with van der Waals surface area (Å²) in [4.78, 5) is 12.5. The predicted molar refractivity (Wildman–Crippen MR) is 105 cm³/mol. The van der Waals surface area contributed by atoms with Crippen LogP contribution in [0.4, 0.5) is 0 Å². The lowest BCUT2D eigenvalue weighted by molar-refractivity contribution is -0.127. The number of amides is 1. The average Bonchev–Trinajstić information content (AvgIpc) is 2.61. The van der Waals surface area contributed by atoms with Crippen molar-refractivity contribution in [3.8, 4) is 11.5 Å². The molecule has 0 aliphatic carbocycles. The first-order chi connectivity index (χ1) is 12.3. The molecular formula is C22H29NO3. The number of rotatable bonds is 7. The Morgan fingerprint density at radius 3 is 2.23 bits per heavy atom. The Labute approximate surface area is 156 Å². The molecule has 2 atom stereocenters. The molecule has 2 rings (SSSR count). The summed E-state index contributed by atoms with van der Waals surface area (Å²) in [6.45, 7) is 10.1. The molecule has 0 fully saturated rings. The second-order valence-electron chi connectivity index (χ2n) is 6.91. The summed E-state index contributed by atoms with van der Waals surface area (Å²) in [5, 5.41) is 3.06. The van der Waals surface area contributed by atoms with Crippen LogP contribution in [0.25, 0.3) is 0 Å². The Hall–Kier alpha value is -2.49. The molecule has 0 aromatic heterocycles. The number of aryl methyl sites for hydroxylation is 1. The zero-order valence-electron chi connectivity index (χ0n) is 16.5. The Morgan fingerprint density at radius 1 is 1.00 bits per heavy atom. The molecule has 2 aromatic rings. The predicted octanol–water partition coefficient (Wildman–Crippen LogP) is 4.77. The van der Waals surface area contributed by atoms with Crippen LogP contribution in [0.5, 0.6) is 11.5 Å². The monoisotopic (exact) mass is 355 g/mol. The summed E-state index contributed by atoms with van der Waals surface area (Å²) in [6.07, 6.45) is -0.567. The smallest absolute Gasteiger partial charge is 0.261 e. The van der Waals surface area contributed by atoms with Crippen LogP contribution in [0.2, 0.25) is 0 Å². The van der Waals surface area contributed by atoms with Crippen LogP contribution in [0, 0.1) is 6.92 Å². The third-order valence-electron chi connectivity index (χ3n) is 4.49. The number of hydrogen-bond acceptors (Lipinski definition) is 3. The van der Waals surface area contributed by atoms with Gasteiger partial charge in [-0.3, -0.25) is 4.79 Å². The molecular weight excluding hydrogens is 326 g/mol. The van der Waals surface area contributed by atoms with Crippen LogP contribution in [0.3, 0.4) is 0 Å². The van der Waals surface area contributed by atoms with Crippen LogP contribution >= 0.6 is 0 Å². The van der Waals surface area contributed by atoms with Gasteiger partial charge in [-0.2, -0.15) is 0 Å². The quantitative estimate of drug-likeness (QED) is 0.778. The highest BCUT2D eigenvalue weighted by molar-refractivity contribution is 5.81. The standard InChI is InChI=1S/C22H29NO3/c1-14(2)19-13-20(15(3)12-21(19)25-6)16(4)23-22(24)17(5)26-18-10-8-7-9-11-18/h7-14,16-17H,1-6H3,(H,23,24)/t16-,17+/m1/s1. The van der Waals surface area contributed by atoms with E-state index in [0.29, 0.717) is 11.7 Å². The molecule has 4 heteroatoms. The number of ether oxygens (including phenoxy) is 2. The van der Waals surface area contributed by atoms with E-state index >= 15 is 0 Å². The summed E-state index contributed by atoms with van der Waals surface area (Å²) in [5.41, 5.74) is 3.33. The van der Waals surface area contributed by atoms with E-state index in [1.807, 2.05) is 50.2 Å². The van der Waals surface area contributed by atoms with Crippen molar-refractivity contribution in [2.24, 2.45) is 0 Å². The molecule has 0 spiro atoms. The van der Waals surface area contributed by atoms with Gasteiger partial charge in [0.1, 0.15) is 11.5 Å². The SMILES string of the molecule is COc1cc(C)c([C@@H](C)NC(=O)[C@H](C)Oc2ccccc2)cc1C(C)C. The van der Waals surface area contributed by atoms with E-state index in [2.05, 4.69) is 25.2 Å². The molecule has 0 radical (unpaired) electrons. The van der Waals surface area contributed by atoms with E-state index in [0.717, 1.165) is 22.4 Å². The van der Waals surface area contributed by atoms with Crippen LogP contribution in [0.15, 0.2) is 42.5 Å². The van der Waals surface area contributed by atoms with Crippen molar-refractivity contribution in [1.82, 2.24) is 5.32 Å². The Balaban J connectivity index is 2.12. The molecule has 0 saturated carbocycles. The molecule has 1 amide bonds. The second-order valence-corrected chi connectivity index (χ2v) is 6.91. The number of para-hydroxylation sites is 1.